The van der Waals surface area contributed by atoms with Crippen LogP contribution >= 0.6 is 11.3 Å². The van der Waals surface area contributed by atoms with Crippen LogP contribution in [0.5, 0.6) is 0 Å². The largest absolute Gasteiger partial charge is 0.463 e. The fourth-order valence-corrected chi connectivity index (χ4v) is 5.72. The Morgan fingerprint density at radius 2 is 1.95 bits per heavy atom. The molecule has 1 atom stereocenters. The molecule has 0 spiro atoms. The number of rotatable bonds is 7. The first-order valence-corrected chi connectivity index (χ1v) is 13.7. The van der Waals surface area contributed by atoms with E-state index in [0.717, 1.165) is 34.6 Å². The summed E-state index contributed by atoms with van der Waals surface area (Å²) in [7, 11) is 0. The van der Waals surface area contributed by atoms with Crippen molar-refractivity contribution in [1.29, 1.82) is 0 Å². The Kier molecular flexibility index (Phi) is 7.55. The molecule has 1 aliphatic heterocycles. The van der Waals surface area contributed by atoms with Gasteiger partial charge < -0.3 is 9.15 Å². The third-order valence-corrected chi connectivity index (χ3v) is 7.75. The normalized spacial score (nSPS) is 15.2. The number of nitrogens with zero attached hydrogens (tertiary/aromatic N) is 3. The number of benzene rings is 2. The molecule has 2 aromatic carbocycles. The molecule has 11 heteroatoms. The van der Waals surface area contributed by atoms with E-state index >= 15 is 0 Å². The molecule has 5 rings (SSSR count). The van der Waals surface area contributed by atoms with Crippen LogP contribution in [0.1, 0.15) is 56.5 Å². The molecule has 9 nitrogen and oxygen atoms in total. The minimum absolute atomic E-state index is 0.178. The van der Waals surface area contributed by atoms with Gasteiger partial charge in [0.1, 0.15) is 11.5 Å². The third-order valence-electron chi connectivity index (χ3n) is 6.76. The number of nitro benzene ring substituents is 1. The summed E-state index contributed by atoms with van der Waals surface area (Å²) in [6.07, 6.45) is 1.55. The molecule has 0 unspecified atom stereocenters. The smallest absolute Gasteiger partial charge is 0.338 e. The van der Waals surface area contributed by atoms with Gasteiger partial charge in [-0.3, -0.25) is 19.5 Å². The van der Waals surface area contributed by atoms with Crippen LogP contribution in [0.25, 0.3) is 17.4 Å². The van der Waals surface area contributed by atoms with Crippen molar-refractivity contribution in [1.82, 2.24) is 4.57 Å². The lowest BCUT2D eigenvalue weighted by molar-refractivity contribution is -0.387. The molecular formula is C30H26FN3O6S. The highest BCUT2D eigenvalue weighted by molar-refractivity contribution is 7.07. The summed E-state index contributed by atoms with van der Waals surface area (Å²) in [5, 5.41) is 11.1. The Morgan fingerprint density at radius 3 is 2.61 bits per heavy atom. The minimum atomic E-state index is -0.947. The molecular weight excluding hydrogens is 549 g/mol. The van der Waals surface area contributed by atoms with Crippen LogP contribution in [0.2, 0.25) is 0 Å². The number of esters is 1. The van der Waals surface area contributed by atoms with E-state index < -0.39 is 28.4 Å². The minimum Gasteiger partial charge on any atom is -0.463 e. The summed E-state index contributed by atoms with van der Waals surface area (Å²) in [6, 6.07) is 13.7. The van der Waals surface area contributed by atoms with E-state index in [-0.39, 0.29) is 17.9 Å². The van der Waals surface area contributed by atoms with Gasteiger partial charge in [0, 0.05) is 17.7 Å². The van der Waals surface area contributed by atoms with Gasteiger partial charge in [0.25, 0.3) is 5.56 Å². The monoisotopic (exact) mass is 575 g/mol. The maximum atomic E-state index is 13.8. The van der Waals surface area contributed by atoms with Crippen molar-refractivity contribution in [3.63, 3.8) is 0 Å². The highest BCUT2D eigenvalue weighted by Crippen LogP contribution is 2.32. The van der Waals surface area contributed by atoms with Crippen molar-refractivity contribution < 1.29 is 23.3 Å². The topological polar surface area (TPSA) is 117 Å². The summed E-state index contributed by atoms with van der Waals surface area (Å²) in [4.78, 5) is 42.2. The number of hydrogen-bond donors (Lipinski definition) is 0. The van der Waals surface area contributed by atoms with Gasteiger partial charge in [-0.25, -0.2) is 9.79 Å². The number of furan rings is 1. The lowest BCUT2D eigenvalue weighted by atomic mass is 9.93. The second kappa shape index (κ2) is 11.1. The molecule has 4 aromatic rings. The van der Waals surface area contributed by atoms with Crippen molar-refractivity contribution in [3.8, 4) is 11.3 Å². The highest BCUT2D eigenvalue weighted by atomic mass is 32.1. The number of ether oxygens (including phenoxy) is 1. The molecule has 2 aromatic heterocycles. The summed E-state index contributed by atoms with van der Waals surface area (Å²) in [6.45, 7) is 7.79. The number of aromatic nitrogens is 1. The average Bonchev–Trinajstić information content (AvgIpc) is 3.52. The summed E-state index contributed by atoms with van der Waals surface area (Å²) in [5.74, 6) is -0.582. The van der Waals surface area contributed by atoms with Gasteiger partial charge >= 0.3 is 11.7 Å². The number of nitro groups is 1. The predicted molar refractivity (Wildman–Crippen MR) is 152 cm³/mol. The maximum absolute atomic E-state index is 13.8. The first-order valence-electron chi connectivity index (χ1n) is 12.9. The van der Waals surface area contributed by atoms with E-state index in [9.17, 15) is 24.1 Å². The molecule has 0 radical (unpaired) electrons. The van der Waals surface area contributed by atoms with E-state index in [2.05, 4.69) is 18.8 Å². The van der Waals surface area contributed by atoms with E-state index in [1.165, 1.54) is 10.6 Å². The Morgan fingerprint density at radius 1 is 1.22 bits per heavy atom. The van der Waals surface area contributed by atoms with Crippen LogP contribution in [-0.2, 0) is 9.53 Å². The summed E-state index contributed by atoms with van der Waals surface area (Å²) >= 11 is 1.15. The van der Waals surface area contributed by atoms with Gasteiger partial charge in [-0.2, -0.15) is 4.39 Å². The van der Waals surface area contributed by atoms with E-state index in [1.807, 2.05) is 24.3 Å². The average molecular weight is 576 g/mol. The molecule has 210 valence electrons. The Balaban J connectivity index is 1.61. The highest BCUT2D eigenvalue weighted by Gasteiger charge is 2.33. The van der Waals surface area contributed by atoms with Crippen molar-refractivity contribution in [2.75, 3.05) is 6.61 Å². The fourth-order valence-electron chi connectivity index (χ4n) is 4.69. The van der Waals surface area contributed by atoms with E-state index in [4.69, 9.17) is 9.15 Å². The SMILES string of the molecule is CCOC(=O)C1=C(C)N=c2s/c(=C\c3ccc(-c4ccc(F)c([N+](=O)[O-])c4)o3)c(=O)n2[C@H]1c1ccc(C(C)C)cc1. The second-order valence-electron chi connectivity index (χ2n) is 9.75. The molecule has 0 N–H and O–H groups in total. The number of halogens is 1. The third kappa shape index (κ3) is 5.28. The van der Waals surface area contributed by atoms with E-state index in [1.54, 1.807) is 32.1 Å². The van der Waals surface area contributed by atoms with Crippen molar-refractivity contribution >= 4 is 29.1 Å². The van der Waals surface area contributed by atoms with Crippen LogP contribution in [0, 0.1) is 15.9 Å². The molecule has 0 amide bonds. The van der Waals surface area contributed by atoms with Crippen LogP contribution in [0.3, 0.4) is 0 Å². The number of carbonyl (C=O) groups excluding carboxylic acids is 1. The molecule has 0 bridgehead atoms. The molecule has 0 saturated heterocycles. The standard InChI is InChI=1S/C30H26FN3O6S/c1-5-39-29(36)26-17(4)32-30-33(27(26)19-8-6-18(7-9-19)16(2)3)28(35)25(41-30)15-21-11-13-24(40-21)20-10-12-22(31)23(14-20)34(37)38/h6-16,27H,5H2,1-4H3/b25-15-/t27-/m0/s1. The molecule has 0 aliphatic carbocycles. The number of allylic oxidation sites excluding steroid dienone is 1. The Labute approximate surface area is 237 Å². The number of fused-ring (bicyclic) bond motifs is 1. The van der Waals surface area contributed by atoms with Crippen LogP contribution < -0.4 is 14.9 Å². The van der Waals surface area contributed by atoms with Crippen molar-refractivity contribution in [2.24, 2.45) is 4.99 Å². The molecule has 1 aliphatic rings. The summed E-state index contributed by atoms with van der Waals surface area (Å²) in [5.41, 5.74) is 1.92. The quantitative estimate of drug-likeness (QED) is 0.169. The Hall–Kier alpha value is -4.64. The predicted octanol–water partition coefficient (Wildman–Crippen LogP) is 5.23. The van der Waals surface area contributed by atoms with Crippen LogP contribution in [-0.4, -0.2) is 22.1 Å². The number of thiazole rings is 1. The van der Waals surface area contributed by atoms with Crippen LogP contribution in [0.4, 0.5) is 10.1 Å². The molecule has 41 heavy (non-hydrogen) atoms. The number of carbonyl (C=O) groups is 1. The van der Waals surface area contributed by atoms with Gasteiger partial charge in [-0.1, -0.05) is 49.4 Å². The van der Waals surface area contributed by atoms with Gasteiger partial charge in [0.15, 0.2) is 4.80 Å². The fraction of sp³-hybridized carbons (Fsp3) is 0.233. The second-order valence-corrected chi connectivity index (χ2v) is 10.8. The Bertz CT molecular complexity index is 1880. The number of hydrogen-bond acceptors (Lipinski definition) is 8. The molecule has 0 saturated carbocycles. The van der Waals surface area contributed by atoms with Gasteiger partial charge in [-0.15, -0.1) is 0 Å². The molecule has 3 heterocycles. The zero-order valence-corrected chi connectivity index (χ0v) is 23.5. The van der Waals surface area contributed by atoms with Crippen molar-refractivity contribution in [2.45, 2.75) is 39.7 Å². The van der Waals surface area contributed by atoms with Crippen LogP contribution in [0.15, 0.2) is 80.1 Å². The zero-order valence-electron chi connectivity index (χ0n) is 22.7. The van der Waals surface area contributed by atoms with Gasteiger partial charge in [-0.05, 0) is 55.2 Å². The lowest BCUT2D eigenvalue weighted by Crippen LogP contribution is -2.39. The maximum Gasteiger partial charge on any atom is 0.338 e. The van der Waals surface area contributed by atoms with Crippen molar-refractivity contribution in [3.05, 3.63) is 118 Å². The summed E-state index contributed by atoms with van der Waals surface area (Å²) < 4.78 is 26.8. The van der Waals surface area contributed by atoms with Gasteiger partial charge in [0.05, 0.1) is 33.4 Å². The first-order chi connectivity index (χ1) is 19.6. The first kappa shape index (κ1) is 27.9. The van der Waals surface area contributed by atoms with E-state index in [0.29, 0.717) is 37.8 Å². The zero-order chi connectivity index (χ0) is 29.4. The lowest BCUT2D eigenvalue weighted by Gasteiger charge is -2.25. The molecule has 0 fully saturated rings. The van der Waals surface area contributed by atoms with Gasteiger partial charge in [0.2, 0.25) is 5.82 Å².